The molecule has 2 aromatic carbocycles. The molecule has 0 bridgehead atoms. The standard InChI is InChI=1S/C15H17N3O2S2/c1-10-3-8-14(11(2)9-10)18-22(19,20)13-6-4-12(5-7-13)17-15(16)21/h3-9,18H,1-2H3,(H3,16,17,21). The number of nitrogens with two attached hydrogens (primary N) is 1. The number of thiocarbonyl (C=S) groups is 1. The van der Waals surface area contributed by atoms with Crippen LogP contribution in [0, 0.1) is 13.8 Å². The van der Waals surface area contributed by atoms with Crippen LogP contribution >= 0.6 is 12.2 Å². The number of sulfonamides is 1. The van der Waals surface area contributed by atoms with E-state index in [1.165, 1.54) is 12.1 Å². The molecule has 22 heavy (non-hydrogen) atoms. The lowest BCUT2D eigenvalue weighted by Crippen LogP contribution is -2.19. The molecule has 0 aromatic heterocycles. The van der Waals surface area contributed by atoms with Crippen LogP contribution in [-0.2, 0) is 10.0 Å². The van der Waals surface area contributed by atoms with Crippen molar-refractivity contribution in [2.45, 2.75) is 18.7 Å². The van der Waals surface area contributed by atoms with Crippen molar-refractivity contribution in [3.05, 3.63) is 53.6 Å². The van der Waals surface area contributed by atoms with Gasteiger partial charge in [0.15, 0.2) is 5.11 Å². The molecular weight excluding hydrogens is 318 g/mol. The van der Waals surface area contributed by atoms with Gasteiger partial charge in [0.1, 0.15) is 0 Å². The van der Waals surface area contributed by atoms with Gasteiger partial charge in [0, 0.05) is 5.69 Å². The van der Waals surface area contributed by atoms with Crippen molar-refractivity contribution >= 4 is 38.7 Å². The van der Waals surface area contributed by atoms with Crippen molar-refractivity contribution in [1.29, 1.82) is 0 Å². The van der Waals surface area contributed by atoms with E-state index in [0.717, 1.165) is 11.1 Å². The third-order valence-electron chi connectivity index (χ3n) is 3.06. The average molecular weight is 335 g/mol. The minimum Gasteiger partial charge on any atom is -0.376 e. The summed E-state index contributed by atoms with van der Waals surface area (Å²) < 4.78 is 27.4. The number of aryl methyl sites for hydroxylation is 2. The summed E-state index contributed by atoms with van der Waals surface area (Å²) in [6.45, 7) is 3.82. The van der Waals surface area contributed by atoms with Gasteiger partial charge in [0.25, 0.3) is 10.0 Å². The summed E-state index contributed by atoms with van der Waals surface area (Å²) in [4.78, 5) is 0.168. The molecule has 116 valence electrons. The Morgan fingerprint density at radius 2 is 1.73 bits per heavy atom. The van der Waals surface area contributed by atoms with Gasteiger partial charge in [-0.05, 0) is 62.0 Å². The first-order chi connectivity index (χ1) is 10.3. The highest BCUT2D eigenvalue weighted by Gasteiger charge is 2.15. The second kappa shape index (κ2) is 6.33. The normalized spacial score (nSPS) is 11.0. The maximum absolute atomic E-state index is 12.4. The summed E-state index contributed by atoms with van der Waals surface area (Å²) in [7, 11) is -3.64. The molecule has 0 aliphatic rings. The summed E-state index contributed by atoms with van der Waals surface area (Å²) in [6, 6.07) is 11.7. The maximum Gasteiger partial charge on any atom is 0.261 e. The fourth-order valence-electron chi connectivity index (χ4n) is 1.99. The molecule has 2 rings (SSSR count). The van der Waals surface area contributed by atoms with Gasteiger partial charge in [-0.1, -0.05) is 17.7 Å². The zero-order valence-corrected chi connectivity index (χ0v) is 13.9. The minimum absolute atomic E-state index is 0.129. The van der Waals surface area contributed by atoms with E-state index in [1.54, 1.807) is 18.2 Å². The Balaban J connectivity index is 2.24. The fraction of sp³-hybridized carbons (Fsp3) is 0.133. The zero-order chi connectivity index (χ0) is 16.3. The lowest BCUT2D eigenvalue weighted by molar-refractivity contribution is 0.601. The molecule has 4 N–H and O–H groups in total. The molecule has 0 spiro atoms. The molecule has 5 nitrogen and oxygen atoms in total. The molecule has 0 saturated carbocycles. The number of hydrogen-bond acceptors (Lipinski definition) is 3. The van der Waals surface area contributed by atoms with Gasteiger partial charge in [-0.2, -0.15) is 0 Å². The van der Waals surface area contributed by atoms with Crippen LogP contribution in [-0.4, -0.2) is 13.5 Å². The first kappa shape index (κ1) is 16.3. The highest BCUT2D eigenvalue weighted by molar-refractivity contribution is 7.92. The molecule has 0 atom stereocenters. The minimum atomic E-state index is -3.64. The topological polar surface area (TPSA) is 84.2 Å². The van der Waals surface area contributed by atoms with Gasteiger partial charge in [-0.15, -0.1) is 0 Å². The van der Waals surface area contributed by atoms with Crippen molar-refractivity contribution < 1.29 is 8.42 Å². The van der Waals surface area contributed by atoms with E-state index >= 15 is 0 Å². The fourth-order valence-corrected chi connectivity index (χ4v) is 3.24. The number of anilines is 2. The third-order valence-corrected chi connectivity index (χ3v) is 4.54. The number of nitrogens with one attached hydrogen (secondary N) is 2. The maximum atomic E-state index is 12.4. The van der Waals surface area contributed by atoms with Gasteiger partial charge in [-0.3, -0.25) is 4.72 Å². The van der Waals surface area contributed by atoms with Crippen LogP contribution in [0.1, 0.15) is 11.1 Å². The lowest BCUT2D eigenvalue weighted by Gasteiger charge is -2.12. The van der Waals surface area contributed by atoms with Crippen LogP contribution in [0.3, 0.4) is 0 Å². The number of rotatable bonds is 4. The first-order valence-electron chi connectivity index (χ1n) is 6.54. The van der Waals surface area contributed by atoms with E-state index in [1.807, 2.05) is 26.0 Å². The smallest absolute Gasteiger partial charge is 0.261 e. The van der Waals surface area contributed by atoms with Crippen molar-refractivity contribution in [2.24, 2.45) is 5.73 Å². The van der Waals surface area contributed by atoms with Crippen LogP contribution in [0.4, 0.5) is 11.4 Å². The van der Waals surface area contributed by atoms with Crippen LogP contribution in [0.5, 0.6) is 0 Å². The zero-order valence-electron chi connectivity index (χ0n) is 12.3. The second-order valence-electron chi connectivity index (χ2n) is 4.94. The van der Waals surface area contributed by atoms with E-state index in [4.69, 9.17) is 18.0 Å². The summed E-state index contributed by atoms with van der Waals surface area (Å²) >= 11 is 4.73. The summed E-state index contributed by atoms with van der Waals surface area (Å²) in [6.07, 6.45) is 0. The van der Waals surface area contributed by atoms with E-state index in [-0.39, 0.29) is 10.0 Å². The summed E-state index contributed by atoms with van der Waals surface area (Å²) in [5, 5.41) is 2.87. The van der Waals surface area contributed by atoms with Gasteiger partial charge < -0.3 is 11.1 Å². The van der Waals surface area contributed by atoms with E-state index in [0.29, 0.717) is 11.4 Å². The highest BCUT2D eigenvalue weighted by Crippen LogP contribution is 2.21. The van der Waals surface area contributed by atoms with Crippen LogP contribution in [0.25, 0.3) is 0 Å². The lowest BCUT2D eigenvalue weighted by atomic mass is 10.1. The summed E-state index contributed by atoms with van der Waals surface area (Å²) in [5.74, 6) is 0. The van der Waals surface area contributed by atoms with Crippen LogP contribution < -0.4 is 15.8 Å². The van der Waals surface area contributed by atoms with Gasteiger partial charge >= 0.3 is 0 Å². The van der Waals surface area contributed by atoms with E-state index in [2.05, 4.69) is 10.0 Å². The molecule has 0 amide bonds. The quantitative estimate of drug-likeness (QED) is 0.748. The Morgan fingerprint density at radius 3 is 2.27 bits per heavy atom. The summed E-state index contributed by atoms with van der Waals surface area (Å²) in [5.41, 5.74) is 8.52. The molecule has 0 heterocycles. The van der Waals surface area contributed by atoms with Crippen molar-refractivity contribution in [3.8, 4) is 0 Å². The molecule has 0 aliphatic carbocycles. The van der Waals surface area contributed by atoms with Crippen molar-refractivity contribution in [2.75, 3.05) is 10.0 Å². The van der Waals surface area contributed by atoms with Crippen molar-refractivity contribution in [3.63, 3.8) is 0 Å². The van der Waals surface area contributed by atoms with Crippen molar-refractivity contribution in [1.82, 2.24) is 0 Å². The molecule has 2 aromatic rings. The Bertz CT molecular complexity index is 800. The first-order valence-corrected chi connectivity index (χ1v) is 8.44. The monoisotopic (exact) mass is 335 g/mol. The predicted molar refractivity (Wildman–Crippen MR) is 93.6 cm³/mol. The molecule has 7 heteroatoms. The Morgan fingerprint density at radius 1 is 1.09 bits per heavy atom. The van der Waals surface area contributed by atoms with Crippen LogP contribution in [0.15, 0.2) is 47.4 Å². The Kier molecular flexibility index (Phi) is 4.68. The van der Waals surface area contributed by atoms with E-state index < -0.39 is 10.0 Å². The highest BCUT2D eigenvalue weighted by atomic mass is 32.2. The van der Waals surface area contributed by atoms with Gasteiger partial charge in [-0.25, -0.2) is 8.42 Å². The van der Waals surface area contributed by atoms with Crippen LogP contribution in [0.2, 0.25) is 0 Å². The van der Waals surface area contributed by atoms with Gasteiger partial charge in [0.2, 0.25) is 0 Å². The number of hydrogen-bond donors (Lipinski definition) is 3. The molecular formula is C15H17N3O2S2. The average Bonchev–Trinajstić information content (AvgIpc) is 2.42. The largest absolute Gasteiger partial charge is 0.376 e. The molecule has 0 fully saturated rings. The SMILES string of the molecule is Cc1ccc(NS(=O)(=O)c2ccc(NC(N)=S)cc2)c(C)c1. The Hall–Kier alpha value is -2.12. The van der Waals surface area contributed by atoms with Gasteiger partial charge in [0.05, 0.1) is 10.6 Å². The molecule has 0 unspecified atom stereocenters. The Labute approximate surface area is 135 Å². The predicted octanol–water partition coefficient (Wildman–Crippen LogP) is 2.76. The molecule has 0 radical (unpaired) electrons. The van der Waals surface area contributed by atoms with E-state index in [9.17, 15) is 8.42 Å². The second-order valence-corrected chi connectivity index (χ2v) is 7.06. The number of benzene rings is 2. The molecule has 0 saturated heterocycles. The molecule has 0 aliphatic heterocycles. The third kappa shape index (κ3) is 3.96.